The summed E-state index contributed by atoms with van der Waals surface area (Å²) in [6.45, 7) is 2.28. The molecule has 0 spiro atoms. The maximum Gasteiger partial charge on any atom is 0.258 e. The molecule has 0 aliphatic carbocycles. The first-order valence-corrected chi connectivity index (χ1v) is 9.36. The van der Waals surface area contributed by atoms with E-state index in [1.54, 1.807) is 29.4 Å². The predicted molar refractivity (Wildman–Crippen MR) is 103 cm³/mol. The number of rotatable bonds is 6. The van der Waals surface area contributed by atoms with Crippen LogP contribution in [-0.4, -0.2) is 66.0 Å². The summed E-state index contributed by atoms with van der Waals surface area (Å²) in [6.07, 6.45) is 3.40. The Kier molecular flexibility index (Phi) is 6.59. The average molecular weight is 434 g/mol. The van der Waals surface area contributed by atoms with Gasteiger partial charge in [-0.15, -0.1) is 0 Å². The first-order valence-electron chi connectivity index (χ1n) is 8.56. The van der Waals surface area contributed by atoms with Gasteiger partial charge in [-0.1, -0.05) is 18.2 Å². The number of halogens is 1. The summed E-state index contributed by atoms with van der Waals surface area (Å²) in [7, 11) is 0. The first-order chi connectivity index (χ1) is 13.1. The molecule has 1 fully saturated rings. The van der Waals surface area contributed by atoms with Gasteiger partial charge in [-0.2, -0.15) is 0 Å². The highest BCUT2D eigenvalue weighted by molar-refractivity contribution is 9.10. The Morgan fingerprint density at radius 1 is 1.07 bits per heavy atom. The number of piperazine rings is 1. The molecular formula is C18H20BrN5O3. The van der Waals surface area contributed by atoms with E-state index in [4.69, 9.17) is 4.74 Å². The molecule has 27 heavy (non-hydrogen) atoms. The monoisotopic (exact) mass is 433 g/mol. The van der Waals surface area contributed by atoms with Crippen molar-refractivity contribution in [3.05, 3.63) is 47.2 Å². The van der Waals surface area contributed by atoms with Crippen LogP contribution in [0.3, 0.4) is 0 Å². The first kappa shape index (κ1) is 19.1. The normalized spacial score (nSPS) is 14.0. The fraction of sp³-hybridized carbons (Fsp3) is 0.333. The lowest BCUT2D eigenvalue weighted by Crippen LogP contribution is -2.51. The molecule has 0 unspecified atom stereocenters. The second-order valence-corrected chi connectivity index (χ2v) is 6.86. The number of ether oxygens (including phenoxy) is 1. The molecule has 1 aromatic carbocycles. The van der Waals surface area contributed by atoms with Crippen molar-refractivity contribution < 1.29 is 14.3 Å². The lowest BCUT2D eigenvalue weighted by molar-refractivity contribution is -0.133. The van der Waals surface area contributed by atoms with Crippen LogP contribution in [0.15, 0.2) is 47.2 Å². The Labute approximate surface area is 165 Å². The molecule has 1 saturated heterocycles. The Morgan fingerprint density at radius 2 is 1.74 bits per heavy atom. The number of anilines is 1. The topological polar surface area (TPSA) is 87.7 Å². The van der Waals surface area contributed by atoms with Crippen LogP contribution < -0.4 is 15.0 Å². The van der Waals surface area contributed by atoms with Gasteiger partial charge in [0.1, 0.15) is 5.75 Å². The predicted octanol–water partition coefficient (Wildman–Crippen LogP) is 1.08. The smallest absolute Gasteiger partial charge is 0.258 e. The Bertz CT molecular complexity index is 764. The summed E-state index contributed by atoms with van der Waals surface area (Å²) >= 11 is 3.31. The molecule has 9 heteroatoms. The number of aromatic nitrogens is 2. The highest BCUT2D eigenvalue weighted by atomic mass is 79.9. The second kappa shape index (κ2) is 9.31. The van der Waals surface area contributed by atoms with E-state index >= 15 is 0 Å². The van der Waals surface area contributed by atoms with Crippen LogP contribution in [0.4, 0.5) is 5.95 Å². The molecule has 142 valence electrons. The molecule has 2 heterocycles. The number of carbonyl (C=O) groups excluding carboxylic acids is 2. The number of amides is 2. The largest absolute Gasteiger partial charge is 0.484 e. The Balaban J connectivity index is 1.38. The second-order valence-electron chi connectivity index (χ2n) is 5.95. The number of para-hydroxylation sites is 1. The minimum Gasteiger partial charge on any atom is -0.484 e. The van der Waals surface area contributed by atoms with E-state index in [9.17, 15) is 9.59 Å². The molecule has 1 aliphatic rings. The van der Waals surface area contributed by atoms with Crippen LogP contribution in [0.25, 0.3) is 0 Å². The van der Waals surface area contributed by atoms with Gasteiger partial charge in [0.15, 0.2) is 6.61 Å². The van der Waals surface area contributed by atoms with Gasteiger partial charge in [0.25, 0.3) is 5.91 Å². The van der Waals surface area contributed by atoms with Gasteiger partial charge in [0.2, 0.25) is 11.9 Å². The summed E-state index contributed by atoms with van der Waals surface area (Å²) in [4.78, 5) is 36.4. The molecule has 2 aromatic rings. The van der Waals surface area contributed by atoms with Crippen LogP contribution in [0, 0.1) is 0 Å². The standard InChI is InChI=1S/C18H20BrN5O3/c19-14-10-21-18(22-11-14)24-8-6-23(7-9-24)17(26)12-20-16(25)13-27-15-4-2-1-3-5-15/h1-5,10-11H,6-9,12-13H2,(H,20,25). The van der Waals surface area contributed by atoms with Crippen molar-refractivity contribution in [1.82, 2.24) is 20.2 Å². The number of hydrogen-bond acceptors (Lipinski definition) is 6. The zero-order chi connectivity index (χ0) is 19.1. The van der Waals surface area contributed by atoms with Gasteiger partial charge >= 0.3 is 0 Å². The van der Waals surface area contributed by atoms with Crippen molar-refractivity contribution in [2.45, 2.75) is 0 Å². The SMILES string of the molecule is O=C(COc1ccccc1)NCC(=O)N1CCN(c2ncc(Br)cn2)CC1. The number of carbonyl (C=O) groups is 2. The molecule has 1 aromatic heterocycles. The lowest BCUT2D eigenvalue weighted by Gasteiger charge is -2.34. The third-order valence-electron chi connectivity index (χ3n) is 4.07. The summed E-state index contributed by atoms with van der Waals surface area (Å²) in [5, 5.41) is 2.60. The highest BCUT2D eigenvalue weighted by Gasteiger charge is 2.22. The van der Waals surface area contributed by atoms with Crippen molar-refractivity contribution >= 4 is 33.7 Å². The van der Waals surface area contributed by atoms with Crippen molar-refractivity contribution in [1.29, 1.82) is 0 Å². The molecule has 8 nitrogen and oxygen atoms in total. The Morgan fingerprint density at radius 3 is 2.41 bits per heavy atom. The fourth-order valence-corrected chi connectivity index (χ4v) is 2.83. The van der Waals surface area contributed by atoms with Gasteiger partial charge < -0.3 is 19.9 Å². The van der Waals surface area contributed by atoms with E-state index in [1.807, 2.05) is 23.1 Å². The maximum atomic E-state index is 12.3. The zero-order valence-corrected chi connectivity index (χ0v) is 16.3. The molecule has 1 aliphatic heterocycles. The fourth-order valence-electron chi connectivity index (χ4n) is 2.63. The molecule has 0 saturated carbocycles. The lowest BCUT2D eigenvalue weighted by atomic mass is 10.3. The zero-order valence-electron chi connectivity index (χ0n) is 14.7. The summed E-state index contributed by atoms with van der Waals surface area (Å²) in [6, 6.07) is 9.07. The van der Waals surface area contributed by atoms with Crippen molar-refractivity contribution in [3.63, 3.8) is 0 Å². The van der Waals surface area contributed by atoms with E-state index < -0.39 is 0 Å². The number of benzene rings is 1. The molecule has 3 rings (SSSR count). The van der Waals surface area contributed by atoms with Gasteiger partial charge in [-0.25, -0.2) is 9.97 Å². The van der Waals surface area contributed by atoms with Crippen molar-refractivity contribution in [3.8, 4) is 5.75 Å². The molecule has 1 N–H and O–H groups in total. The van der Waals surface area contributed by atoms with E-state index in [-0.39, 0.29) is 25.0 Å². The van der Waals surface area contributed by atoms with Crippen molar-refractivity contribution in [2.24, 2.45) is 0 Å². The van der Waals surface area contributed by atoms with Gasteiger partial charge in [0.05, 0.1) is 11.0 Å². The molecule has 0 atom stereocenters. The number of hydrogen-bond donors (Lipinski definition) is 1. The van der Waals surface area contributed by atoms with Crippen LogP contribution in [0.2, 0.25) is 0 Å². The molecule has 0 radical (unpaired) electrons. The highest BCUT2D eigenvalue weighted by Crippen LogP contribution is 2.13. The van der Waals surface area contributed by atoms with E-state index in [1.165, 1.54) is 0 Å². The van der Waals surface area contributed by atoms with Crippen LogP contribution in [0.5, 0.6) is 5.75 Å². The molecule has 2 amide bonds. The minimum atomic E-state index is -0.325. The maximum absolute atomic E-state index is 12.3. The quantitative estimate of drug-likeness (QED) is 0.733. The third kappa shape index (κ3) is 5.65. The van der Waals surface area contributed by atoms with Crippen LogP contribution in [0.1, 0.15) is 0 Å². The van der Waals surface area contributed by atoms with Crippen molar-refractivity contribution in [2.75, 3.05) is 44.2 Å². The summed E-state index contributed by atoms with van der Waals surface area (Å²) in [5.74, 6) is 0.829. The summed E-state index contributed by atoms with van der Waals surface area (Å²) < 4.78 is 6.18. The van der Waals surface area contributed by atoms with Gasteiger partial charge in [-0.3, -0.25) is 9.59 Å². The van der Waals surface area contributed by atoms with Gasteiger partial charge in [0, 0.05) is 38.6 Å². The van der Waals surface area contributed by atoms with Crippen LogP contribution in [-0.2, 0) is 9.59 Å². The van der Waals surface area contributed by atoms with Crippen LogP contribution >= 0.6 is 15.9 Å². The Hall–Kier alpha value is -2.68. The van der Waals surface area contributed by atoms with E-state index in [0.717, 1.165) is 4.47 Å². The average Bonchev–Trinajstić information content (AvgIpc) is 2.72. The number of nitrogens with zero attached hydrogens (tertiary/aromatic N) is 4. The van der Waals surface area contributed by atoms with E-state index in [2.05, 4.69) is 31.2 Å². The van der Waals surface area contributed by atoms with Gasteiger partial charge in [-0.05, 0) is 28.1 Å². The molecule has 0 bridgehead atoms. The minimum absolute atomic E-state index is 0.0359. The molecular weight excluding hydrogens is 414 g/mol. The number of nitrogens with one attached hydrogen (secondary N) is 1. The third-order valence-corrected chi connectivity index (χ3v) is 4.48. The van der Waals surface area contributed by atoms with E-state index in [0.29, 0.717) is 37.9 Å². The summed E-state index contributed by atoms with van der Waals surface area (Å²) in [5.41, 5.74) is 0.